The maximum absolute atomic E-state index is 9.52. The molecule has 7 heteroatoms. The van der Waals surface area contributed by atoms with Crippen molar-refractivity contribution in [3.8, 4) is 0 Å². The molecule has 0 heterocycles. The minimum absolute atomic E-state index is 0.0624. The van der Waals surface area contributed by atoms with E-state index in [0.29, 0.717) is 0 Å². The molecule has 0 aliphatic carbocycles. The quantitative estimate of drug-likeness (QED) is 0.228. The molecule has 5 atom stereocenters. The fourth-order valence-electron chi connectivity index (χ4n) is 1.23. The average Bonchev–Trinajstić information content (AvgIpc) is 2.40. The summed E-state index contributed by atoms with van der Waals surface area (Å²) in [6.07, 6.45) is -3.55. The van der Waals surface area contributed by atoms with Crippen molar-refractivity contribution in [1.82, 2.24) is 0 Å². The summed E-state index contributed by atoms with van der Waals surface area (Å²) >= 11 is 0. The Morgan fingerprint density at radius 2 is 1.79 bits per heavy atom. The highest BCUT2D eigenvalue weighted by atomic mass is 16.7. The first-order chi connectivity index (χ1) is 8.96. The molecule has 0 saturated heterocycles. The van der Waals surface area contributed by atoms with Crippen molar-refractivity contribution in [2.75, 3.05) is 19.8 Å². The van der Waals surface area contributed by atoms with Crippen LogP contribution in [0.1, 0.15) is 13.3 Å². The molecule has 0 spiro atoms. The van der Waals surface area contributed by atoms with E-state index in [4.69, 9.17) is 19.7 Å². The molecule has 0 fully saturated rings. The van der Waals surface area contributed by atoms with Crippen LogP contribution in [0.25, 0.3) is 0 Å². The van der Waals surface area contributed by atoms with Crippen LogP contribution in [-0.4, -0.2) is 76.1 Å². The van der Waals surface area contributed by atoms with Gasteiger partial charge in [-0.3, -0.25) is 0 Å². The third-order valence-corrected chi connectivity index (χ3v) is 2.50. The summed E-state index contributed by atoms with van der Waals surface area (Å²) in [5.41, 5.74) is 0. The predicted molar refractivity (Wildman–Crippen MR) is 67.3 cm³/mol. The third-order valence-electron chi connectivity index (χ3n) is 2.50. The number of hydrogen-bond donors (Lipinski definition) is 5. The largest absolute Gasteiger partial charge is 0.394 e. The second kappa shape index (κ2) is 10.3. The minimum atomic E-state index is -1.31. The summed E-state index contributed by atoms with van der Waals surface area (Å²) in [6.45, 7) is 3.84. The molecule has 0 aliphatic rings. The Morgan fingerprint density at radius 3 is 2.21 bits per heavy atom. The molecule has 0 radical (unpaired) electrons. The Balaban J connectivity index is 4.34. The lowest BCUT2D eigenvalue weighted by atomic mass is 10.2. The third kappa shape index (κ3) is 7.58. The summed E-state index contributed by atoms with van der Waals surface area (Å²) in [5.74, 6) is 0. The standard InChI is InChI=1S/C12H24O7/c1-3-9(16)4-5-18-12(10(17)6-13)19-11(7-14)8(2)15/h3,8-17H,1,4-7H2,2H3/t8?,9-,10+,11?,12?/m1/s1. The van der Waals surface area contributed by atoms with Crippen molar-refractivity contribution in [3.63, 3.8) is 0 Å². The van der Waals surface area contributed by atoms with Gasteiger partial charge < -0.3 is 35.0 Å². The summed E-state index contributed by atoms with van der Waals surface area (Å²) < 4.78 is 10.4. The van der Waals surface area contributed by atoms with E-state index in [-0.39, 0.29) is 13.0 Å². The van der Waals surface area contributed by atoms with Crippen molar-refractivity contribution >= 4 is 0 Å². The Bertz CT molecular complexity index is 234. The van der Waals surface area contributed by atoms with Crippen molar-refractivity contribution in [2.24, 2.45) is 0 Å². The number of aliphatic hydroxyl groups excluding tert-OH is 5. The summed E-state index contributed by atoms with van der Waals surface area (Å²) in [7, 11) is 0. The van der Waals surface area contributed by atoms with Crippen molar-refractivity contribution in [2.45, 2.75) is 44.1 Å². The second-order valence-corrected chi connectivity index (χ2v) is 4.18. The molecule has 0 aromatic rings. The van der Waals surface area contributed by atoms with E-state index in [1.54, 1.807) is 0 Å². The fraction of sp³-hybridized carbons (Fsp3) is 0.833. The Morgan fingerprint density at radius 1 is 1.16 bits per heavy atom. The van der Waals surface area contributed by atoms with Crippen LogP contribution in [0.2, 0.25) is 0 Å². The van der Waals surface area contributed by atoms with Gasteiger partial charge >= 0.3 is 0 Å². The van der Waals surface area contributed by atoms with Gasteiger partial charge in [-0.15, -0.1) is 6.58 Å². The Hall–Kier alpha value is -0.540. The molecule has 5 N–H and O–H groups in total. The van der Waals surface area contributed by atoms with Gasteiger partial charge in [0.1, 0.15) is 12.2 Å². The summed E-state index contributed by atoms with van der Waals surface area (Å²) in [4.78, 5) is 0. The highest BCUT2D eigenvalue weighted by molar-refractivity contribution is 4.77. The van der Waals surface area contributed by atoms with Gasteiger partial charge in [0.05, 0.1) is 32.0 Å². The zero-order chi connectivity index (χ0) is 14.8. The van der Waals surface area contributed by atoms with Crippen LogP contribution in [0.15, 0.2) is 12.7 Å². The smallest absolute Gasteiger partial charge is 0.186 e. The van der Waals surface area contributed by atoms with Crippen molar-refractivity contribution in [3.05, 3.63) is 12.7 Å². The topological polar surface area (TPSA) is 120 Å². The van der Waals surface area contributed by atoms with E-state index in [1.165, 1.54) is 13.0 Å². The first kappa shape index (κ1) is 18.5. The molecular formula is C12H24O7. The van der Waals surface area contributed by atoms with Crippen LogP contribution in [0.4, 0.5) is 0 Å². The van der Waals surface area contributed by atoms with Crippen molar-refractivity contribution < 1.29 is 35.0 Å². The molecule has 3 unspecified atom stereocenters. The van der Waals surface area contributed by atoms with Crippen LogP contribution in [0.5, 0.6) is 0 Å². The Labute approximate surface area is 112 Å². The molecule has 0 aromatic carbocycles. The van der Waals surface area contributed by atoms with Gasteiger partial charge in [0.15, 0.2) is 6.29 Å². The molecule has 0 rings (SSSR count). The maximum atomic E-state index is 9.52. The predicted octanol–water partition coefficient (Wildman–Crippen LogP) is -1.62. The van der Waals surface area contributed by atoms with Crippen LogP contribution in [0.3, 0.4) is 0 Å². The molecule has 7 nitrogen and oxygen atoms in total. The highest BCUT2D eigenvalue weighted by Gasteiger charge is 2.26. The SMILES string of the molecule is C=C[C@@H](O)CCOC(OC(CO)C(C)O)[C@@H](O)CO. The molecule has 0 aliphatic heterocycles. The number of ether oxygens (including phenoxy) is 2. The number of aliphatic hydroxyl groups is 5. The first-order valence-corrected chi connectivity index (χ1v) is 6.11. The Kier molecular flexibility index (Phi) is 9.98. The molecule has 0 bridgehead atoms. The van der Waals surface area contributed by atoms with Gasteiger partial charge in [0.2, 0.25) is 0 Å². The molecule has 0 amide bonds. The summed E-state index contributed by atoms with van der Waals surface area (Å²) in [5, 5.41) is 46.0. The summed E-state index contributed by atoms with van der Waals surface area (Å²) in [6, 6.07) is 0. The minimum Gasteiger partial charge on any atom is -0.394 e. The van der Waals surface area contributed by atoms with E-state index in [9.17, 15) is 15.3 Å². The number of rotatable bonds is 11. The molecule has 114 valence electrons. The van der Waals surface area contributed by atoms with Crippen LogP contribution >= 0.6 is 0 Å². The molecule has 0 saturated carbocycles. The zero-order valence-corrected chi connectivity index (χ0v) is 11.1. The van der Waals surface area contributed by atoms with E-state index in [1.807, 2.05) is 0 Å². The lowest BCUT2D eigenvalue weighted by Crippen LogP contribution is -2.42. The van der Waals surface area contributed by atoms with Gasteiger partial charge in [-0.1, -0.05) is 6.08 Å². The van der Waals surface area contributed by atoms with E-state index < -0.39 is 43.9 Å². The first-order valence-electron chi connectivity index (χ1n) is 6.11. The highest BCUT2D eigenvalue weighted by Crippen LogP contribution is 2.10. The van der Waals surface area contributed by atoms with Gasteiger partial charge in [-0.05, 0) is 6.92 Å². The fourth-order valence-corrected chi connectivity index (χ4v) is 1.23. The lowest BCUT2D eigenvalue weighted by molar-refractivity contribution is -0.241. The lowest BCUT2D eigenvalue weighted by Gasteiger charge is -2.28. The normalized spacial score (nSPS) is 19.5. The second-order valence-electron chi connectivity index (χ2n) is 4.18. The van der Waals surface area contributed by atoms with Gasteiger partial charge in [0, 0.05) is 6.42 Å². The van der Waals surface area contributed by atoms with E-state index in [2.05, 4.69) is 6.58 Å². The van der Waals surface area contributed by atoms with E-state index in [0.717, 1.165) is 0 Å². The van der Waals surface area contributed by atoms with Crippen LogP contribution < -0.4 is 0 Å². The molecule has 19 heavy (non-hydrogen) atoms. The van der Waals surface area contributed by atoms with Gasteiger partial charge in [-0.25, -0.2) is 0 Å². The molecular weight excluding hydrogens is 256 g/mol. The zero-order valence-electron chi connectivity index (χ0n) is 11.1. The molecule has 0 aromatic heterocycles. The van der Waals surface area contributed by atoms with Crippen molar-refractivity contribution in [1.29, 1.82) is 0 Å². The van der Waals surface area contributed by atoms with Crippen LogP contribution in [0, 0.1) is 0 Å². The average molecular weight is 280 g/mol. The van der Waals surface area contributed by atoms with E-state index >= 15 is 0 Å². The monoisotopic (exact) mass is 280 g/mol. The maximum Gasteiger partial charge on any atom is 0.186 e. The van der Waals surface area contributed by atoms with Crippen LogP contribution in [-0.2, 0) is 9.47 Å². The number of hydrogen-bond acceptors (Lipinski definition) is 7. The van der Waals surface area contributed by atoms with Gasteiger partial charge in [-0.2, -0.15) is 0 Å². The van der Waals surface area contributed by atoms with Gasteiger partial charge in [0.25, 0.3) is 0 Å².